The Labute approximate surface area is 124 Å². The summed E-state index contributed by atoms with van der Waals surface area (Å²) in [5.41, 5.74) is 0.538. The van der Waals surface area contributed by atoms with Gasteiger partial charge in [-0.1, -0.05) is 6.92 Å². The molecule has 0 saturated heterocycles. The number of aliphatic carboxylic acids is 1. The summed E-state index contributed by atoms with van der Waals surface area (Å²) < 4.78 is 5.74. The Hall–Kier alpha value is -2.04. The maximum atomic E-state index is 12.2. The van der Waals surface area contributed by atoms with Gasteiger partial charge in [0.15, 0.2) is 0 Å². The number of carbonyl (C=O) groups is 2. The van der Waals surface area contributed by atoms with Gasteiger partial charge in [0.2, 0.25) is 0 Å². The first-order valence-electron chi connectivity index (χ1n) is 7.22. The second-order valence-electron chi connectivity index (χ2n) is 5.62. The monoisotopic (exact) mass is 291 g/mol. The largest absolute Gasteiger partial charge is 0.490 e. The van der Waals surface area contributed by atoms with E-state index in [2.05, 4.69) is 0 Å². The van der Waals surface area contributed by atoms with E-state index in [9.17, 15) is 9.59 Å². The molecule has 1 amide bonds. The molecule has 21 heavy (non-hydrogen) atoms. The van der Waals surface area contributed by atoms with Crippen molar-refractivity contribution in [1.29, 1.82) is 0 Å². The van der Waals surface area contributed by atoms with E-state index in [1.807, 2.05) is 0 Å². The minimum absolute atomic E-state index is 0.182. The van der Waals surface area contributed by atoms with Crippen LogP contribution in [0.5, 0.6) is 5.75 Å². The zero-order chi connectivity index (χ0) is 15.4. The van der Waals surface area contributed by atoms with Crippen LogP contribution in [0.3, 0.4) is 0 Å². The Morgan fingerprint density at radius 3 is 2.43 bits per heavy atom. The fourth-order valence-electron chi connectivity index (χ4n) is 2.15. The van der Waals surface area contributed by atoms with Crippen LogP contribution in [0.25, 0.3) is 0 Å². The molecule has 0 spiro atoms. The lowest BCUT2D eigenvalue weighted by Crippen LogP contribution is -2.33. The van der Waals surface area contributed by atoms with Crippen molar-refractivity contribution in [3.05, 3.63) is 29.8 Å². The number of ether oxygens (including phenoxy) is 1. The molecule has 5 heteroatoms. The highest BCUT2D eigenvalue weighted by Gasteiger charge is 2.20. The molecule has 1 fully saturated rings. The van der Waals surface area contributed by atoms with E-state index in [0.29, 0.717) is 11.7 Å². The lowest BCUT2D eigenvalue weighted by Gasteiger charge is -2.26. The van der Waals surface area contributed by atoms with Crippen molar-refractivity contribution in [3.63, 3.8) is 0 Å². The van der Waals surface area contributed by atoms with E-state index < -0.39 is 11.9 Å². The summed E-state index contributed by atoms with van der Waals surface area (Å²) in [5, 5.41) is 8.88. The molecule has 1 saturated carbocycles. The van der Waals surface area contributed by atoms with Gasteiger partial charge in [-0.3, -0.25) is 9.59 Å². The van der Waals surface area contributed by atoms with Crippen molar-refractivity contribution in [2.24, 2.45) is 5.92 Å². The van der Waals surface area contributed by atoms with Crippen LogP contribution in [0.4, 0.5) is 0 Å². The number of hydrogen-bond acceptors (Lipinski definition) is 3. The molecule has 0 aliphatic heterocycles. The second-order valence-corrected chi connectivity index (χ2v) is 5.62. The number of nitrogens with zero attached hydrogens (tertiary/aromatic N) is 1. The summed E-state index contributed by atoms with van der Waals surface area (Å²) in [6, 6.07) is 7.02. The average Bonchev–Trinajstić information content (AvgIpc) is 2.42. The Morgan fingerprint density at radius 2 is 1.95 bits per heavy atom. The van der Waals surface area contributed by atoms with Crippen LogP contribution in [0, 0.1) is 5.92 Å². The lowest BCUT2D eigenvalue weighted by atomic mass is 9.96. The van der Waals surface area contributed by atoms with E-state index in [4.69, 9.17) is 9.84 Å². The zero-order valence-corrected chi connectivity index (χ0v) is 12.4. The Bertz CT molecular complexity index is 508. The third kappa shape index (κ3) is 3.97. The molecule has 0 heterocycles. The fraction of sp³-hybridized carbons (Fsp3) is 0.500. The molecule has 114 valence electrons. The molecule has 0 aromatic heterocycles. The summed E-state index contributed by atoms with van der Waals surface area (Å²) in [7, 11) is 1.61. The maximum Gasteiger partial charge on any atom is 0.308 e. The minimum atomic E-state index is -0.904. The number of amides is 1. The predicted octanol–water partition coefficient (Wildman–Crippen LogP) is 2.41. The molecule has 0 bridgehead atoms. The Balaban J connectivity index is 1.93. The van der Waals surface area contributed by atoms with E-state index in [0.717, 1.165) is 18.6 Å². The zero-order valence-electron chi connectivity index (χ0n) is 12.4. The summed E-state index contributed by atoms with van der Waals surface area (Å²) in [5.74, 6) is -0.893. The van der Waals surface area contributed by atoms with E-state index >= 15 is 0 Å². The van der Waals surface area contributed by atoms with Crippen molar-refractivity contribution in [2.75, 3.05) is 13.6 Å². The molecule has 1 aliphatic rings. The molecular formula is C16H21NO4. The van der Waals surface area contributed by atoms with Gasteiger partial charge in [-0.05, 0) is 43.5 Å². The van der Waals surface area contributed by atoms with Gasteiger partial charge in [0.05, 0.1) is 12.0 Å². The van der Waals surface area contributed by atoms with E-state index in [1.165, 1.54) is 11.3 Å². The molecule has 1 unspecified atom stereocenters. The standard InChI is InChI=1S/C16H21NO4/c1-11(16(19)20)10-17(2)15(18)12-6-8-14(9-7-12)21-13-4-3-5-13/h6-9,11,13H,3-5,10H2,1-2H3,(H,19,20). The second kappa shape index (κ2) is 6.61. The van der Waals surface area contributed by atoms with E-state index in [1.54, 1.807) is 38.2 Å². The third-order valence-electron chi connectivity index (χ3n) is 3.77. The van der Waals surface area contributed by atoms with Crippen LogP contribution in [-0.2, 0) is 4.79 Å². The number of carboxylic acid groups (broad SMARTS) is 1. The van der Waals surface area contributed by atoms with Crippen LogP contribution in [0.1, 0.15) is 36.5 Å². The fourth-order valence-corrected chi connectivity index (χ4v) is 2.15. The van der Waals surface area contributed by atoms with Crippen LogP contribution in [0.15, 0.2) is 24.3 Å². The third-order valence-corrected chi connectivity index (χ3v) is 3.77. The molecule has 1 aromatic rings. The van der Waals surface area contributed by atoms with Gasteiger partial charge in [-0.2, -0.15) is 0 Å². The van der Waals surface area contributed by atoms with Gasteiger partial charge in [-0.15, -0.1) is 0 Å². The van der Waals surface area contributed by atoms with Crippen molar-refractivity contribution in [1.82, 2.24) is 4.90 Å². The smallest absolute Gasteiger partial charge is 0.308 e. The van der Waals surface area contributed by atoms with Crippen LogP contribution in [0.2, 0.25) is 0 Å². The number of rotatable bonds is 6. The first-order chi connectivity index (χ1) is 9.97. The first kappa shape index (κ1) is 15.4. The van der Waals surface area contributed by atoms with Crippen molar-refractivity contribution < 1.29 is 19.4 Å². The summed E-state index contributed by atoms with van der Waals surface area (Å²) >= 11 is 0. The van der Waals surface area contributed by atoms with Crippen LogP contribution < -0.4 is 4.74 Å². The highest BCUT2D eigenvalue weighted by Crippen LogP contribution is 2.25. The molecule has 1 aromatic carbocycles. The van der Waals surface area contributed by atoms with Gasteiger partial charge in [0.25, 0.3) is 5.91 Å². The van der Waals surface area contributed by atoms with E-state index in [-0.39, 0.29) is 12.5 Å². The van der Waals surface area contributed by atoms with Crippen LogP contribution in [-0.4, -0.2) is 41.6 Å². The van der Waals surface area contributed by atoms with Crippen LogP contribution >= 0.6 is 0 Å². The number of carboxylic acids is 1. The summed E-state index contributed by atoms with van der Waals surface area (Å²) in [4.78, 5) is 24.4. The number of carbonyl (C=O) groups excluding carboxylic acids is 1. The van der Waals surface area contributed by atoms with Gasteiger partial charge >= 0.3 is 5.97 Å². The molecule has 1 aliphatic carbocycles. The summed E-state index contributed by atoms with van der Waals surface area (Å²) in [6.45, 7) is 1.77. The van der Waals surface area contributed by atoms with Gasteiger partial charge < -0.3 is 14.7 Å². The number of hydrogen-bond donors (Lipinski definition) is 1. The lowest BCUT2D eigenvalue weighted by molar-refractivity contribution is -0.141. The topological polar surface area (TPSA) is 66.8 Å². The number of benzene rings is 1. The van der Waals surface area contributed by atoms with Crippen molar-refractivity contribution >= 4 is 11.9 Å². The molecule has 5 nitrogen and oxygen atoms in total. The highest BCUT2D eigenvalue weighted by atomic mass is 16.5. The molecule has 0 radical (unpaired) electrons. The van der Waals surface area contributed by atoms with Crippen molar-refractivity contribution in [3.8, 4) is 5.75 Å². The van der Waals surface area contributed by atoms with Crippen molar-refractivity contribution in [2.45, 2.75) is 32.3 Å². The quantitative estimate of drug-likeness (QED) is 0.874. The molecular weight excluding hydrogens is 270 g/mol. The molecule has 1 N–H and O–H groups in total. The SMILES string of the molecule is CC(CN(C)C(=O)c1ccc(OC2CCC2)cc1)C(=O)O. The first-order valence-corrected chi connectivity index (χ1v) is 7.22. The molecule has 1 atom stereocenters. The predicted molar refractivity (Wildman–Crippen MR) is 78.5 cm³/mol. The van der Waals surface area contributed by atoms with Gasteiger partial charge in [0, 0.05) is 19.2 Å². The average molecular weight is 291 g/mol. The Morgan fingerprint density at radius 1 is 1.33 bits per heavy atom. The van der Waals surface area contributed by atoms with Gasteiger partial charge in [-0.25, -0.2) is 0 Å². The highest BCUT2D eigenvalue weighted by molar-refractivity contribution is 5.94. The Kier molecular flexibility index (Phi) is 4.83. The molecule has 2 rings (SSSR count). The normalized spacial score (nSPS) is 15.9. The van der Waals surface area contributed by atoms with Gasteiger partial charge in [0.1, 0.15) is 5.75 Å². The minimum Gasteiger partial charge on any atom is -0.490 e. The summed E-state index contributed by atoms with van der Waals surface area (Å²) in [6.07, 6.45) is 3.71. The maximum absolute atomic E-state index is 12.2.